The first kappa shape index (κ1) is 17.4. The number of pyridine rings is 1. The molecule has 1 aliphatic heterocycles. The highest BCUT2D eigenvalue weighted by atomic mass is 32.1. The van der Waals surface area contributed by atoms with E-state index in [9.17, 15) is 9.18 Å². The van der Waals surface area contributed by atoms with Crippen LogP contribution in [0.3, 0.4) is 0 Å². The molecule has 0 saturated heterocycles. The number of amides is 2. The van der Waals surface area contributed by atoms with E-state index in [1.54, 1.807) is 29.2 Å². The molecule has 3 aromatic rings. The van der Waals surface area contributed by atoms with E-state index in [0.29, 0.717) is 47.5 Å². The van der Waals surface area contributed by atoms with Crippen LogP contribution in [0.1, 0.15) is 12.1 Å². The largest absolute Gasteiger partial charge is 0.490 e. The molecule has 0 atom stereocenters. The molecule has 0 spiro atoms. The second-order valence-corrected chi connectivity index (χ2v) is 6.96. The molecule has 0 saturated carbocycles. The molecular weight excluding hydrogens is 367 g/mol. The van der Waals surface area contributed by atoms with E-state index in [-0.39, 0.29) is 11.8 Å². The molecule has 2 amide bonds. The number of fused-ring (bicyclic) bond motifs is 1. The maximum absolute atomic E-state index is 13.6. The molecule has 1 N–H and O–H groups in total. The highest BCUT2D eigenvalue weighted by Crippen LogP contribution is 2.32. The molecule has 3 heterocycles. The van der Waals surface area contributed by atoms with E-state index in [1.165, 1.54) is 23.5 Å². The SMILES string of the molecule is Cc1csc(NC(=O)N2CCCOc3ccc(-c4cccc(F)c4)nc32)n1. The minimum Gasteiger partial charge on any atom is -0.490 e. The maximum Gasteiger partial charge on any atom is 0.329 e. The van der Waals surface area contributed by atoms with Gasteiger partial charge in [-0.3, -0.25) is 10.2 Å². The molecule has 0 fully saturated rings. The van der Waals surface area contributed by atoms with Crippen LogP contribution in [0, 0.1) is 12.7 Å². The van der Waals surface area contributed by atoms with Gasteiger partial charge in [0.05, 0.1) is 18.0 Å². The summed E-state index contributed by atoms with van der Waals surface area (Å²) in [5.41, 5.74) is 2.06. The number of carbonyl (C=O) groups excluding carboxylic acids is 1. The number of anilines is 2. The highest BCUT2D eigenvalue weighted by Gasteiger charge is 2.25. The van der Waals surface area contributed by atoms with Crippen LogP contribution >= 0.6 is 11.3 Å². The van der Waals surface area contributed by atoms with Crippen LogP contribution in [0.25, 0.3) is 11.3 Å². The average molecular weight is 384 g/mol. The third kappa shape index (κ3) is 3.75. The first-order valence-electron chi connectivity index (χ1n) is 8.50. The zero-order valence-corrected chi connectivity index (χ0v) is 15.4. The monoisotopic (exact) mass is 384 g/mol. The number of urea groups is 1. The van der Waals surface area contributed by atoms with Crippen molar-refractivity contribution < 1.29 is 13.9 Å². The molecule has 27 heavy (non-hydrogen) atoms. The maximum atomic E-state index is 13.6. The Bertz CT molecular complexity index is 991. The summed E-state index contributed by atoms with van der Waals surface area (Å²) < 4.78 is 19.3. The standard InChI is InChI=1S/C19H17FN4O2S/c1-12-11-27-18(21-12)23-19(25)24-8-3-9-26-16-7-6-15(22-17(16)24)13-4-2-5-14(20)10-13/h2,4-7,10-11H,3,8-9H2,1H3,(H,21,23,25). The molecule has 6 nitrogen and oxygen atoms in total. The number of ether oxygens (including phenoxy) is 1. The molecule has 8 heteroatoms. The van der Waals surface area contributed by atoms with Gasteiger partial charge in [0.2, 0.25) is 0 Å². The summed E-state index contributed by atoms with van der Waals surface area (Å²) in [5.74, 6) is 0.604. The number of aromatic nitrogens is 2. The number of aryl methyl sites for hydroxylation is 1. The summed E-state index contributed by atoms with van der Waals surface area (Å²) in [6, 6.07) is 9.41. The lowest BCUT2D eigenvalue weighted by molar-refractivity contribution is 0.256. The van der Waals surface area contributed by atoms with Gasteiger partial charge in [-0.2, -0.15) is 0 Å². The summed E-state index contributed by atoms with van der Waals surface area (Å²) in [4.78, 5) is 23.2. The predicted molar refractivity (Wildman–Crippen MR) is 103 cm³/mol. The fraction of sp³-hybridized carbons (Fsp3) is 0.211. The fourth-order valence-corrected chi connectivity index (χ4v) is 3.51. The number of carbonyl (C=O) groups is 1. The number of hydrogen-bond acceptors (Lipinski definition) is 5. The Labute approximate surface area is 159 Å². The van der Waals surface area contributed by atoms with Crippen LogP contribution in [0.5, 0.6) is 5.75 Å². The Balaban J connectivity index is 1.68. The van der Waals surface area contributed by atoms with Crippen LogP contribution in [-0.4, -0.2) is 29.2 Å². The van der Waals surface area contributed by atoms with Crippen molar-refractivity contribution in [2.45, 2.75) is 13.3 Å². The van der Waals surface area contributed by atoms with Gasteiger partial charge in [0.25, 0.3) is 0 Å². The smallest absolute Gasteiger partial charge is 0.329 e. The number of thiazole rings is 1. The van der Waals surface area contributed by atoms with Gasteiger partial charge in [0, 0.05) is 17.5 Å². The molecule has 0 aliphatic carbocycles. The van der Waals surface area contributed by atoms with Gasteiger partial charge in [-0.25, -0.2) is 19.2 Å². The Morgan fingerprint density at radius 1 is 1.30 bits per heavy atom. The second kappa shape index (κ2) is 7.32. The number of nitrogens with one attached hydrogen (secondary N) is 1. The predicted octanol–water partition coefficient (Wildman–Crippen LogP) is 4.47. The number of benzene rings is 1. The lowest BCUT2D eigenvalue weighted by atomic mass is 10.1. The number of hydrogen-bond donors (Lipinski definition) is 1. The van der Waals surface area contributed by atoms with Crippen LogP contribution in [0.15, 0.2) is 41.8 Å². The van der Waals surface area contributed by atoms with Crippen LogP contribution in [0.4, 0.5) is 20.1 Å². The van der Waals surface area contributed by atoms with Crippen molar-refractivity contribution in [3.8, 4) is 17.0 Å². The zero-order chi connectivity index (χ0) is 18.8. The summed E-state index contributed by atoms with van der Waals surface area (Å²) in [5, 5.41) is 5.21. The molecule has 0 unspecified atom stereocenters. The Morgan fingerprint density at radius 3 is 2.96 bits per heavy atom. The van der Waals surface area contributed by atoms with Crippen LogP contribution < -0.4 is 15.0 Å². The number of nitrogens with zero attached hydrogens (tertiary/aromatic N) is 3. The summed E-state index contributed by atoms with van der Waals surface area (Å²) >= 11 is 1.37. The van der Waals surface area contributed by atoms with Crippen molar-refractivity contribution in [1.82, 2.24) is 9.97 Å². The minimum absolute atomic E-state index is 0.319. The quantitative estimate of drug-likeness (QED) is 0.708. The van der Waals surface area contributed by atoms with E-state index >= 15 is 0 Å². The average Bonchev–Trinajstić information content (AvgIpc) is 2.94. The summed E-state index contributed by atoms with van der Waals surface area (Å²) in [6.07, 6.45) is 0.677. The van der Waals surface area contributed by atoms with Crippen molar-refractivity contribution in [2.24, 2.45) is 0 Å². The van der Waals surface area contributed by atoms with E-state index in [1.807, 2.05) is 12.3 Å². The Morgan fingerprint density at radius 2 is 2.19 bits per heavy atom. The molecule has 138 valence electrons. The lowest BCUT2D eigenvalue weighted by Crippen LogP contribution is -2.36. The lowest BCUT2D eigenvalue weighted by Gasteiger charge is -2.21. The Kier molecular flexibility index (Phi) is 4.72. The summed E-state index contributed by atoms with van der Waals surface area (Å²) in [6.45, 7) is 2.82. The molecule has 1 aromatic carbocycles. The van der Waals surface area contributed by atoms with Gasteiger partial charge in [0.15, 0.2) is 16.7 Å². The molecular formula is C19H17FN4O2S. The first-order valence-corrected chi connectivity index (χ1v) is 9.38. The van der Waals surface area contributed by atoms with Gasteiger partial charge in [-0.05, 0) is 37.6 Å². The minimum atomic E-state index is -0.339. The second-order valence-electron chi connectivity index (χ2n) is 6.11. The van der Waals surface area contributed by atoms with Gasteiger partial charge in [0.1, 0.15) is 5.82 Å². The van der Waals surface area contributed by atoms with Gasteiger partial charge in [-0.1, -0.05) is 12.1 Å². The van der Waals surface area contributed by atoms with E-state index < -0.39 is 0 Å². The van der Waals surface area contributed by atoms with Gasteiger partial charge < -0.3 is 4.74 Å². The van der Waals surface area contributed by atoms with Crippen molar-refractivity contribution >= 4 is 28.3 Å². The van der Waals surface area contributed by atoms with E-state index in [0.717, 1.165) is 5.69 Å². The first-order chi connectivity index (χ1) is 13.1. The van der Waals surface area contributed by atoms with E-state index in [4.69, 9.17) is 4.74 Å². The van der Waals surface area contributed by atoms with Crippen molar-refractivity contribution in [3.63, 3.8) is 0 Å². The van der Waals surface area contributed by atoms with Crippen molar-refractivity contribution in [3.05, 3.63) is 53.3 Å². The third-order valence-electron chi connectivity index (χ3n) is 4.08. The molecule has 2 aromatic heterocycles. The Hall–Kier alpha value is -3.00. The number of rotatable bonds is 2. The summed E-state index contributed by atoms with van der Waals surface area (Å²) in [7, 11) is 0. The van der Waals surface area contributed by atoms with Crippen molar-refractivity contribution in [2.75, 3.05) is 23.4 Å². The van der Waals surface area contributed by atoms with Crippen LogP contribution in [0.2, 0.25) is 0 Å². The van der Waals surface area contributed by atoms with Crippen LogP contribution in [-0.2, 0) is 0 Å². The van der Waals surface area contributed by atoms with E-state index in [2.05, 4.69) is 15.3 Å². The molecule has 0 bridgehead atoms. The zero-order valence-electron chi connectivity index (χ0n) is 14.6. The third-order valence-corrected chi connectivity index (χ3v) is 4.95. The molecule has 1 aliphatic rings. The molecule has 0 radical (unpaired) electrons. The highest BCUT2D eigenvalue weighted by molar-refractivity contribution is 7.13. The van der Waals surface area contributed by atoms with Gasteiger partial charge >= 0.3 is 6.03 Å². The normalized spacial score (nSPS) is 13.5. The topological polar surface area (TPSA) is 67.4 Å². The molecule has 4 rings (SSSR count). The fourth-order valence-electron chi connectivity index (χ4n) is 2.83. The van der Waals surface area contributed by atoms with Crippen molar-refractivity contribution in [1.29, 1.82) is 0 Å². The number of halogens is 1. The van der Waals surface area contributed by atoms with Gasteiger partial charge in [-0.15, -0.1) is 11.3 Å².